The van der Waals surface area contributed by atoms with Gasteiger partial charge in [0.15, 0.2) is 5.16 Å². The minimum absolute atomic E-state index is 0.684. The SMILES string of the molecule is Cc1cc(Nc2cc(C)nc(Sc3ccc(N)cc3)n2)[nH]n1. The highest BCUT2D eigenvalue weighted by Gasteiger charge is 2.06. The average Bonchev–Trinajstić information content (AvgIpc) is 2.86. The summed E-state index contributed by atoms with van der Waals surface area (Å²) in [5, 5.41) is 10.9. The van der Waals surface area contributed by atoms with Crippen LogP contribution in [0.2, 0.25) is 0 Å². The number of hydrogen-bond acceptors (Lipinski definition) is 6. The minimum Gasteiger partial charge on any atom is -0.399 e. The van der Waals surface area contributed by atoms with Gasteiger partial charge >= 0.3 is 0 Å². The van der Waals surface area contributed by atoms with Crippen LogP contribution in [0, 0.1) is 13.8 Å². The number of nitrogens with zero attached hydrogens (tertiary/aromatic N) is 3. The van der Waals surface area contributed by atoms with Gasteiger partial charge in [-0.15, -0.1) is 0 Å². The van der Waals surface area contributed by atoms with Crippen molar-refractivity contribution in [3.63, 3.8) is 0 Å². The quantitative estimate of drug-likeness (QED) is 0.505. The standard InChI is InChI=1S/C15H16N6S/c1-9-7-13(18-14-8-10(2)20-21-14)19-15(17-9)22-12-5-3-11(16)4-6-12/h3-8H,16H2,1-2H3,(H2,17,18,19,20,21). The van der Waals surface area contributed by atoms with Gasteiger partial charge in [0, 0.05) is 28.4 Å². The number of aromatic nitrogens is 4. The number of rotatable bonds is 4. The molecule has 0 fully saturated rings. The van der Waals surface area contributed by atoms with Crippen LogP contribution in [0.25, 0.3) is 0 Å². The van der Waals surface area contributed by atoms with E-state index >= 15 is 0 Å². The number of nitrogens with one attached hydrogen (secondary N) is 2. The second-order valence-electron chi connectivity index (χ2n) is 4.90. The summed E-state index contributed by atoms with van der Waals surface area (Å²) >= 11 is 1.50. The molecule has 0 bridgehead atoms. The van der Waals surface area contributed by atoms with Gasteiger partial charge in [-0.1, -0.05) is 0 Å². The molecule has 2 heterocycles. The van der Waals surface area contributed by atoms with E-state index in [1.54, 1.807) is 0 Å². The Hall–Kier alpha value is -2.54. The normalized spacial score (nSPS) is 10.6. The maximum Gasteiger partial charge on any atom is 0.194 e. The van der Waals surface area contributed by atoms with E-state index in [0.717, 1.165) is 33.6 Å². The summed E-state index contributed by atoms with van der Waals surface area (Å²) in [5.74, 6) is 1.54. The van der Waals surface area contributed by atoms with E-state index < -0.39 is 0 Å². The Morgan fingerprint density at radius 1 is 1.05 bits per heavy atom. The topological polar surface area (TPSA) is 92.5 Å². The highest BCUT2D eigenvalue weighted by atomic mass is 32.2. The molecule has 0 atom stereocenters. The van der Waals surface area contributed by atoms with E-state index in [2.05, 4.69) is 25.5 Å². The van der Waals surface area contributed by atoms with Gasteiger partial charge in [0.2, 0.25) is 0 Å². The number of aryl methyl sites for hydroxylation is 2. The fraction of sp³-hybridized carbons (Fsp3) is 0.133. The summed E-state index contributed by atoms with van der Waals surface area (Å²) < 4.78 is 0. The molecule has 0 unspecified atom stereocenters. The summed E-state index contributed by atoms with van der Waals surface area (Å²) in [7, 11) is 0. The lowest BCUT2D eigenvalue weighted by Gasteiger charge is -2.07. The van der Waals surface area contributed by atoms with Crippen LogP contribution in [0.15, 0.2) is 46.5 Å². The molecule has 0 spiro atoms. The van der Waals surface area contributed by atoms with E-state index in [1.165, 1.54) is 11.8 Å². The third-order valence-electron chi connectivity index (χ3n) is 2.89. The number of aromatic amines is 1. The number of nitrogens with two attached hydrogens (primary N) is 1. The number of hydrogen-bond donors (Lipinski definition) is 3. The first-order valence-electron chi connectivity index (χ1n) is 6.76. The molecule has 2 aromatic heterocycles. The van der Waals surface area contributed by atoms with Gasteiger partial charge in [0.05, 0.1) is 5.69 Å². The Kier molecular flexibility index (Phi) is 3.97. The van der Waals surface area contributed by atoms with E-state index in [0.29, 0.717) is 5.16 Å². The molecule has 7 heteroatoms. The zero-order valence-electron chi connectivity index (χ0n) is 12.3. The van der Waals surface area contributed by atoms with Crippen molar-refractivity contribution in [3.05, 3.63) is 47.8 Å². The molecule has 0 radical (unpaired) electrons. The van der Waals surface area contributed by atoms with E-state index in [9.17, 15) is 0 Å². The van der Waals surface area contributed by atoms with Gasteiger partial charge in [0.1, 0.15) is 11.6 Å². The van der Waals surface area contributed by atoms with Crippen LogP contribution in [0.5, 0.6) is 0 Å². The first-order chi connectivity index (χ1) is 10.6. The highest BCUT2D eigenvalue weighted by molar-refractivity contribution is 7.99. The van der Waals surface area contributed by atoms with Crippen LogP contribution < -0.4 is 11.1 Å². The van der Waals surface area contributed by atoms with E-state index in [4.69, 9.17) is 5.73 Å². The Balaban J connectivity index is 1.81. The Bertz CT molecular complexity index is 781. The third kappa shape index (κ3) is 3.56. The van der Waals surface area contributed by atoms with Crippen molar-refractivity contribution >= 4 is 29.1 Å². The lowest BCUT2D eigenvalue weighted by atomic mass is 10.3. The summed E-state index contributed by atoms with van der Waals surface area (Å²) in [4.78, 5) is 10.0. The molecule has 4 N–H and O–H groups in total. The molecule has 6 nitrogen and oxygen atoms in total. The molecule has 3 aromatic rings. The molecule has 22 heavy (non-hydrogen) atoms. The van der Waals surface area contributed by atoms with Crippen LogP contribution in [0.4, 0.5) is 17.3 Å². The van der Waals surface area contributed by atoms with Crippen molar-refractivity contribution in [3.8, 4) is 0 Å². The first kappa shape index (κ1) is 14.4. The van der Waals surface area contributed by atoms with Crippen molar-refractivity contribution in [2.45, 2.75) is 23.9 Å². The summed E-state index contributed by atoms with van der Waals surface area (Å²) in [5.41, 5.74) is 8.25. The molecular formula is C15H16N6S. The maximum atomic E-state index is 5.70. The van der Waals surface area contributed by atoms with Crippen molar-refractivity contribution in [1.29, 1.82) is 0 Å². The second-order valence-corrected chi connectivity index (χ2v) is 5.94. The number of nitrogen functional groups attached to an aromatic ring is 1. The average molecular weight is 312 g/mol. The van der Waals surface area contributed by atoms with Gasteiger partial charge in [-0.3, -0.25) is 5.10 Å². The molecule has 0 saturated carbocycles. The number of H-pyrrole nitrogens is 1. The van der Waals surface area contributed by atoms with Gasteiger partial charge in [-0.25, -0.2) is 9.97 Å². The summed E-state index contributed by atoms with van der Waals surface area (Å²) in [6.07, 6.45) is 0. The molecule has 0 aliphatic rings. The van der Waals surface area contributed by atoms with Gasteiger partial charge in [-0.05, 0) is 49.9 Å². The molecular weight excluding hydrogens is 296 g/mol. The van der Waals surface area contributed by atoms with Gasteiger partial charge in [0.25, 0.3) is 0 Å². The Morgan fingerprint density at radius 2 is 1.82 bits per heavy atom. The number of benzene rings is 1. The van der Waals surface area contributed by atoms with Crippen LogP contribution in [0.3, 0.4) is 0 Å². The van der Waals surface area contributed by atoms with Gasteiger partial charge in [-0.2, -0.15) is 5.10 Å². The molecule has 0 aliphatic carbocycles. The van der Waals surface area contributed by atoms with Crippen LogP contribution in [-0.2, 0) is 0 Å². The van der Waals surface area contributed by atoms with E-state index in [1.807, 2.05) is 50.2 Å². The second kappa shape index (κ2) is 6.07. The molecule has 1 aromatic carbocycles. The smallest absolute Gasteiger partial charge is 0.194 e. The minimum atomic E-state index is 0.684. The zero-order valence-corrected chi connectivity index (χ0v) is 13.1. The maximum absolute atomic E-state index is 5.70. The van der Waals surface area contributed by atoms with Crippen LogP contribution in [0.1, 0.15) is 11.4 Å². The first-order valence-corrected chi connectivity index (χ1v) is 7.58. The Labute approximate surface area is 132 Å². The van der Waals surface area contributed by atoms with Crippen molar-refractivity contribution in [2.75, 3.05) is 11.1 Å². The lowest BCUT2D eigenvalue weighted by molar-refractivity contribution is 0.935. The molecule has 0 aliphatic heterocycles. The van der Waals surface area contributed by atoms with Gasteiger partial charge < -0.3 is 11.1 Å². The lowest BCUT2D eigenvalue weighted by Crippen LogP contribution is -1.98. The zero-order chi connectivity index (χ0) is 15.5. The Morgan fingerprint density at radius 3 is 2.50 bits per heavy atom. The number of anilines is 3. The van der Waals surface area contributed by atoms with Crippen molar-refractivity contribution in [1.82, 2.24) is 20.2 Å². The molecule has 0 amide bonds. The summed E-state index contributed by atoms with van der Waals surface area (Å²) in [6, 6.07) is 11.5. The monoisotopic (exact) mass is 312 g/mol. The molecule has 112 valence electrons. The fourth-order valence-electron chi connectivity index (χ4n) is 1.92. The highest BCUT2D eigenvalue weighted by Crippen LogP contribution is 2.27. The largest absolute Gasteiger partial charge is 0.399 e. The fourth-order valence-corrected chi connectivity index (χ4v) is 2.73. The van der Waals surface area contributed by atoms with E-state index in [-0.39, 0.29) is 0 Å². The predicted octanol–water partition coefficient (Wildman–Crippen LogP) is 3.29. The summed E-state index contributed by atoms with van der Waals surface area (Å²) in [6.45, 7) is 3.87. The van der Waals surface area contributed by atoms with Crippen LogP contribution >= 0.6 is 11.8 Å². The molecule has 0 saturated heterocycles. The third-order valence-corrected chi connectivity index (χ3v) is 3.76. The molecule has 3 rings (SSSR count). The predicted molar refractivity (Wildman–Crippen MR) is 88.4 cm³/mol. The van der Waals surface area contributed by atoms with Crippen molar-refractivity contribution < 1.29 is 0 Å². The van der Waals surface area contributed by atoms with Crippen molar-refractivity contribution in [2.24, 2.45) is 0 Å². The van der Waals surface area contributed by atoms with Crippen LogP contribution in [-0.4, -0.2) is 20.2 Å².